The highest BCUT2D eigenvalue weighted by atomic mass is 32.2. The van der Waals surface area contributed by atoms with Gasteiger partial charge in [0.1, 0.15) is 17.4 Å². The summed E-state index contributed by atoms with van der Waals surface area (Å²) >= 11 is -1.75. The number of amides is 1. The number of furan rings is 1. The second-order valence-corrected chi connectivity index (χ2v) is 6.97. The number of aryl methyl sites for hydroxylation is 1. The summed E-state index contributed by atoms with van der Waals surface area (Å²) in [5.41, 5.74) is 0.511. The van der Waals surface area contributed by atoms with Crippen LogP contribution in [0.1, 0.15) is 35.7 Å². The van der Waals surface area contributed by atoms with Crippen LogP contribution < -0.4 is 10.0 Å². The molecule has 0 fully saturated rings. The van der Waals surface area contributed by atoms with Crippen molar-refractivity contribution in [3.05, 3.63) is 47.4 Å². The van der Waals surface area contributed by atoms with Gasteiger partial charge in [0.25, 0.3) is 5.91 Å². The molecule has 0 radical (unpaired) electrons. The third-order valence-electron chi connectivity index (χ3n) is 3.66. The molecule has 0 aliphatic heterocycles. The summed E-state index contributed by atoms with van der Waals surface area (Å²) in [5.74, 6) is 1.24. The van der Waals surface area contributed by atoms with Gasteiger partial charge in [-0.15, -0.1) is 12.8 Å². The molecule has 10 heteroatoms. The van der Waals surface area contributed by atoms with E-state index in [-0.39, 0.29) is 30.3 Å². The normalized spacial score (nSPS) is 11.0. The highest BCUT2D eigenvalue weighted by molar-refractivity contribution is 7.82. The Hall–Kier alpha value is -3.58. The monoisotopic (exact) mass is 461 g/mol. The predicted molar refractivity (Wildman–Crippen MR) is 131 cm³/mol. The Balaban J connectivity index is 0.00000227. The van der Waals surface area contributed by atoms with Crippen molar-refractivity contribution in [1.29, 1.82) is 0 Å². The Labute approximate surface area is 192 Å². The van der Waals surface area contributed by atoms with Crippen LogP contribution in [0.2, 0.25) is 0 Å². The summed E-state index contributed by atoms with van der Waals surface area (Å²) in [4.78, 5) is 17.8. The molecular weight excluding hydrogens is 430 g/mol. The number of carbonyl (C=O) groups excluding carboxylic acids is 1. The number of hydrogen-bond donors (Lipinski definition) is 3. The van der Waals surface area contributed by atoms with Gasteiger partial charge in [0.2, 0.25) is 11.2 Å². The number of carbonyl (C=O) groups is 1. The molecule has 1 aromatic heterocycles. The fraction of sp³-hybridized carbons (Fsp3) is 0.318. The summed E-state index contributed by atoms with van der Waals surface area (Å²) in [7, 11) is 3.20. The molecule has 0 aliphatic carbocycles. The molecular formula is C22H31N5O4S. The minimum Gasteiger partial charge on any atom is -0.505 e. The van der Waals surface area contributed by atoms with Gasteiger partial charge in [0.05, 0.1) is 24.3 Å². The first-order chi connectivity index (χ1) is 15.3. The summed E-state index contributed by atoms with van der Waals surface area (Å²) < 4.78 is 23.2. The molecule has 0 bridgehead atoms. The van der Waals surface area contributed by atoms with Gasteiger partial charge in [-0.25, -0.2) is 4.21 Å². The van der Waals surface area contributed by atoms with Crippen molar-refractivity contribution in [2.75, 3.05) is 26.0 Å². The van der Waals surface area contributed by atoms with Crippen molar-refractivity contribution in [3.8, 4) is 18.6 Å². The van der Waals surface area contributed by atoms with E-state index in [1.807, 2.05) is 26.8 Å². The van der Waals surface area contributed by atoms with Crippen LogP contribution in [0.15, 0.2) is 44.1 Å². The largest absolute Gasteiger partial charge is 0.505 e. The van der Waals surface area contributed by atoms with Crippen LogP contribution in [-0.2, 0) is 17.7 Å². The highest BCUT2D eigenvalue weighted by Gasteiger charge is 2.16. The third-order valence-corrected chi connectivity index (χ3v) is 4.31. The number of phenols is 1. The molecule has 1 amide bonds. The minimum absolute atomic E-state index is 0.105. The van der Waals surface area contributed by atoms with Crippen LogP contribution in [0.4, 0.5) is 5.69 Å². The maximum Gasteiger partial charge on any atom is 0.257 e. The molecule has 3 N–H and O–H groups in total. The van der Waals surface area contributed by atoms with Crippen LogP contribution in [-0.4, -0.2) is 53.3 Å². The Morgan fingerprint density at radius 3 is 2.44 bits per heavy atom. The number of nitrogens with zero attached hydrogens (tertiary/aromatic N) is 3. The van der Waals surface area contributed by atoms with E-state index in [9.17, 15) is 14.1 Å². The molecule has 2 aromatic rings. The van der Waals surface area contributed by atoms with Crippen LogP contribution in [0.5, 0.6) is 5.75 Å². The fourth-order valence-corrected chi connectivity index (χ4v) is 2.68. The van der Waals surface area contributed by atoms with Gasteiger partial charge in [-0.1, -0.05) is 19.9 Å². The number of terminal acetylenes is 1. The van der Waals surface area contributed by atoms with Gasteiger partial charge in [-0.3, -0.25) is 14.5 Å². The van der Waals surface area contributed by atoms with Crippen LogP contribution >= 0.6 is 0 Å². The number of hydrogen-bond acceptors (Lipinski definition) is 6. The first-order valence-corrected chi connectivity index (χ1v) is 10.8. The maximum atomic E-state index is 12.1. The van der Waals surface area contributed by atoms with Crippen LogP contribution in [0.3, 0.4) is 0 Å². The number of amidine groups is 1. The second-order valence-electron chi connectivity index (χ2n) is 6.01. The molecule has 2 rings (SSSR count). The summed E-state index contributed by atoms with van der Waals surface area (Å²) in [6, 6.07) is 8.43. The SMILES string of the molecule is C#C.C=NS(=O)NC(CNc1cccc(C(=O)N(C)C)c1O)=NCc1ccc(C)o1.CC. The van der Waals surface area contributed by atoms with E-state index in [0.29, 0.717) is 17.3 Å². The van der Waals surface area contributed by atoms with Gasteiger partial charge in [0.15, 0.2) is 5.75 Å². The number of phenolic OH excluding ortho intramolecular Hbond substituents is 1. The summed E-state index contributed by atoms with van der Waals surface area (Å²) in [5, 5.41) is 13.4. The van der Waals surface area contributed by atoms with Gasteiger partial charge >= 0.3 is 0 Å². The third kappa shape index (κ3) is 9.06. The average Bonchev–Trinajstić information content (AvgIpc) is 3.23. The first kappa shape index (κ1) is 28.4. The van der Waals surface area contributed by atoms with Gasteiger partial charge < -0.3 is 19.7 Å². The van der Waals surface area contributed by atoms with Gasteiger partial charge in [-0.2, -0.15) is 4.40 Å². The van der Waals surface area contributed by atoms with Crippen LogP contribution in [0.25, 0.3) is 0 Å². The molecule has 1 atom stereocenters. The van der Waals surface area contributed by atoms with Crippen LogP contribution in [0, 0.1) is 19.8 Å². The molecule has 0 aliphatic rings. The lowest BCUT2D eigenvalue weighted by atomic mass is 10.1. The number of benzene rings is 1. The van der Waals surface area contributed by atoms with E-state index in [4.69, 9.17) is 4.42 Å². The number of para-hydroxylation sites is 1. The molecule has 1 unspecified atom stereocenters. The number of aromatic hydroxyl groups is 1. The molecule has 32 heavy (non-hydrogen) atoms. The Kier molecular flexibility index (Phi) is 13.5. The van der Waals surface area contributed by atoms with Crippen molar-refractivity contribution >= 4 is 35.3 Å². The van der Waals surface area contributed by atoms with E-state index in [0.717, 1.165) is 5.76 Å². The second kappa shape index (κ2) is 15.3. The zero-order chi connectivity index (χ0) is 24.7. The zero-order valence-corrected chi connectivity index (χ0v) is 19.9. The van der Waals surface area contributed by atoms with Crippen molar-refractivity contribution in [1.82, 2.24) is 9.62 Å². The smallest absolute Gasteiger partial charge is 0.257 e. The van der Waals surface area contributed by atoms with Crippen molar-refractivity contribution in [3.63, 3.8) is 0 Å². The number of rotatable bonds is 8. The zero-order valence-electron chi connectivity index (χ0n) is 19.1. The first-order valence-electron chi connectivity index (χ1n) is 9.66. The molecule has 0 spiro atoms. The van der Waals surface area contributed by atoms with Crippen molar-refractivity contribution < 1.29 is 18.5 Å². The molecule has 0 saturated heterocycles. The molecule has 1 aromatic carbocycles. The van der Waals surface area contributed by atoms with E-state index in [1.165, 1.54) is 11.0 Å². The highest BCUT2D eigenvalue weighted by Crippen LogP contribution is 2.28. The number of nitrogens with one attached hydrogen (secondary N) is 2. The summed E-state index contributed by atoms with van der Waals surface area (Å²) in [6.45, 7) is 9.39. The molecule has 0 saturated carbocycles. The summed E-state index contributed by atoms with van der Waals surface area (Å²) in [6.07, 6.45) is 8.00. The number of aliphatic imine (C=N–C) groups is 1. The molecule has 1 heterocycles. The standard InChI is InChI=1S/C18H23N5O4S.C2H6.C2H2/c1-12-8-9-13(27-12)10-21-16(22-28(26)19-2)11-20-15-7-5-6-14(17(15)24)18(25)23(3)4;2*1-2/h5-9,20,24H,2,10-11H2,1,3-4H3,(H,21,22);1-2H3;1-2H. The van der Waals surface area contributed by atoms with Gasteiger partial charge in [-0.05, 0) is 31.2 Å². The topological polar surface area (TPSA) is 120 Å². The molecule has 174 valence electrons. The van der Waals surface area contributed by atoms with E-state index >= 15 is 0 Å². The van der Waals surface area contributed by atoms with E-state index in [1.54, 1.807) is 32.3 Å². The predicted octanol–water partition coefficient (Wildman–Crippen LogP) is 3.15. The minimum atomic E-state index is -1.75. The lowest BCUT2D eigenvalue weighted by Gasteiger charge is -2.15. The Morgan fingerprint density at radius 1 is 1.25 bits per heavy atom. The lowest BCUT2D eigenvalue weighted by Crippen LogP contribution is -2.31. The number of anilines is 1. The quantitative estimate of drug-likeness (QED) is 0.241. The Bertz CT molecular complexity index is 951. The lowest BCUT2D eigenvalue weighted by molar-refractivity contribution is 0.0824. The van der Waals surface area contributed by atoms with E-state index in [2.05, 4.69) is 39.0 Å². The fourth-order valence-electron chi connectivity index (χ4n) is 2.28. The van der Waals surface area contributed by atoms with Crippen molar-refractivity contribution in [2.45, 2.75) is 27.3 Å². The van der Waals surface area contributed by atoms with E-state index < -0.39 is 11.2 Å². The van der Waals surface area contributed by atoms with Gasteiger partial charge in [0, 0.05) is 20.8 Å². The molecule has 9 nitrogen and oxygen atoms in total. The average molecular weight is 462 g/mol. The maximum absolute atomic E-state index is 12.1. The van der Waals surface area contributed by atoms with Crippen molar-refractivity contribution in [2.24, 2.45) is 9.39 Å². The Morgan fingerprint density at radius 2 is 1.91 bits per heavy atom.